The molecule has 0 radical (unpaired) electrons. The van der Waals surface area contributed by atoms with Crippen LogP contribution in [0, 0.1) is 0 Å². The summed E-state index contributed by atoms with van der Waals surface area (Å²) >= 11 is 0. The van der Waals surface area contributed by atoms with Crippen LogP contribution in [0.1, 0.15) is 27.6 Å². The molecule has 0 spiro atoms. The third-order valence-electron chi connectivity index (χ3n) is 4.20. The van der Waals surface area contributed by atoms with Gasteiger partial charge in [0.2, 0.25) is 0 Å². The minimum Gasteiger partial charge on any atom is -0.449 e. The van der Waals surface area contributed by atoms with Crippen molar-refractivity contribution >= 4 is 16.9 Å². The maximum absolute atomic E-state index is 12.9. The van der Waals surface area contributed by atoms with Crippen molar-refractivity contribution in [2.75, 3.05) is 0 Å². The minimum absolute atomic E-state index is 0.410. The zero-order chi connectivity index (χ0) is 17.8. The van der Waals surface area contributed by atoms with Crippen LogP contribution in [0.3, 0.4) is 0 Å². The van der Waals surface area contributed by atoms with Crippen molar-refractivity contribution in [1.29, 1.82) is 0 Å². The summed E-state index contributed by atoms with van der Waals surface area (Å²) in [4.78, 5) is 12.9. The van der Waals surface area contributed by atoms with Crippen molar-refractivity contribution in [2.24, 2.45) is 0 Å². The average Bonchev–Trinajstić information content (AvgIpc) is 2.72. The number of aromatic nitrogens is 2. The molecule has 0 N–H and O–H groups in total. The number of rotatable bonds is 4. The number of hydrogen-bond donors (Lipinski definition) is 0. The Labute approximate surface area is 151 Å². The summed E-state index contributed by atoms with van der Waals surface area (Å²) in [6.07, 6.45) is 0.967. The van der Waals surface area contributed by atoms with Gasteiger partial charge in [0.1, 0.15) is 0 Å². The molecule has 0 aliphatic rings. The first-order valence-electron chi connectivity index (χ1n) is 8.34. The monoisotopic (exact) mass is 340 g/mol. The van der Waals surface area contributed by atoms with Crippen LogP contribution in [0.5, 0.6) is 0 Å². The van der Waals surface area contributed by atoms with Gasteiger partial charge in [-0.25, -0.2) is 4.79 Å². The topological polar surface area (TPSA) is 52.1 Å². The summed E-state index contributed by atoms with van der Waals surface area (Å²) < 4.78 is 5.91. The fourth-order valence-electron chi connectivity index (χ4n) is 2.92. The highest BCUT2D eigenvalue weighted by molar-refractivity contribution is 6.02. The van der Waals surface area contributed by atoms with Gasteiger partial charge >= 0.3 is 5.97 Å². The summed E-state index contributed by atoms with van der Waals surface area (Å²) in [5, 5.41) is 8.73. The van der Waals surface area contributed by atoms with Gasteiger partial charge in [0.25, 0.3) is 0 Å². The van der Waals surface area contributed by atoms with Crippen LogP contribution in [-0.4, -0.2) is 16.2 Å². The highest BCUT2D eigenvalue weighted by Crippen LogP contribution is 2.28. The molecule has 0 unspecified atom stereocenters. The number of carbonyl (C=O) groups is 1. The number of esters is 1. The lowest BCUT2D eigenvalue weighted by Crippen LogP contribution is -2.14. The zero-order valence-corrected chi connectivity index (χ0v) is 13.9. The number of benzene rings is 3. The van der Waals surface area contributed by atoms with Crippen molar-refractivity contribution in [3.63, 3.8) is 0 Å². The van der Waals surface area contributed by atoms with Gasteiger partial charge in [-0.05, 0) is 17.2 Å². The quantitative estimate of drug-likeness (QED) is 0.510. The van der Waals surface area contributed by atoms with E-state index >= 15 is 0 Å². The van der Waals surface area contributed by atoms with Gasteiger partial charge in [0, 0.05) is 5.39 Å². The van der Waals surface area contributed by atoms with E-state index in [1.165, 1.54) is 6.20 Å². The van der Waals surface area contributed by atoms with Gasteiger partial charge in [-0.3, -0.25) is 0 Å². The molecule has 0 atom stereocenters. The SMILES string of the molecule is O=C(OC(c1ccccc1)c1ccccc1)c1cnnc2ccccc12. The molecule has 4 nitrogen and oxygen atoms in total. The number of hydrogen-bond acceptors (Lipinski definition) is 4. The molecule has 4 heteroatoms. The van der Waals surface area contributed by atoms with Gasteiger partial charge in [0.15, 0.2) is 6.10 Å². The Morgan fingerprint density at radius 3 is 2.00 bits per heavy atom. The summed E-state index contributed by atoms with van der Waals surface area (Å²) in [7, 11) is 0. The van der Waals surface area contributed by atoms with Crippen LogP contribution in [-0.2, 0) is 4.74 Å². The van der Waals surface area contributed by atoms with Crippen molar-refractivity contribution in [3.8, 4) is 0 Å². The summed E-state index contributed by atoms with van der Waals surface area (Å²) in [6.45, 7) is 0. The first-order chi connectivity index (χ1) is 12.8. The predicted octanol–water partition coefficient (Wildman–Crippen LogP) is 4.58. The van der Waals surface area contributed by atoms with E-state index in [0.717, 1.165) is 16.5 Å². The zero-order valence-electron chi connectivity index (χ0n) is 13.9. The van der Waals surface area contributed by atoms with Crippen molar-refractivity contribution in [2.45, 2.75) is 6.10 Å². The predicted molar refractivity (Wildman–Crippen MR) is 99.7 cm³/mol. The fraction of sp³-hybridized carbons (Fsp3) is 0.0455. The van der Waals surface area contributed by atoms with Crippen LogP contribution < -0.4 is 0 Å². The van der Waals surface area contributed by atoms with Crippen LogP contribution in [0.15, 0.2) is 91.1 Å². The average molecular weight is 340 g/mol. The number of carbonyl (C=O) groups excluding carboxylic acids is 1. The normalized spacial score (nSPS) is 10.8. The Morgan fingerprint density at radius 2 is 1.35 bits per heavy atom. The Hall–Kier alpha value is -3.53. The van der Waals surface area contributed by atoms with Crippen molar-refractivity contribution in [3.05, 3.63) is 108 Å². The first kappa shape index (κ1) is 16.0. The molecule has 1 aromatic heterocycles. The largest absolute Gasteiger partial charge is 0.449 e. The Morgan fingerprint density at radius 1 is 0.769 bits per heavy atom. The van der Waals surface area contributed by atoms with Crippen LogP contribution in [0.25, 0.3) is 10.9 Å². The van der Waals surface area contributed by atoms with E-state index in [1.54, 1.807) is 0 Å². The molecule has 0 saturated heterocycles. The Balaban J connectivity index is 1.73. The standard InChI is InChI=1S/C22H16N2O2/c25-22(19-15-23-24-20-14-8-7-13-18(19)20)26-21(16-9-3-1-4-10-16)17-11-5-2-6-12-17/h1-15,21H. The molecule has 0 aliphatic carbocycles. The summed E-state index contributed by atoms with van der Waals surface area (Å²) in [6, 6.07) is 26.8. The van der Waals surface area contributed by atoms with E-state index < -0.39 is 12.1 Å². The third kappa shape index (κ3) is 3.17. The Kier molecular flexibility index (Phi) is 4.39. The molecule has 26 heavy (non-hydrogen) atoms. The Bertz CT molecular complexity index is 989. The molecule has 4 rings (SSSR count). The molecule has 3 aromatic carbocycles. The third-order valence-corrected chi connectivity index (χ3v) is 4.20. The molecule has 0 saturated carbocycles. The molecule has 0 fully saturated rings. The second kappa shape index (κ2) is 7.15. The molecule has 0 amide bonds. The van der Waals surface area contributed by atoms with Crippen LogP contribution in [0.4, 0.5) is 0 Å². The fourth-order valence-corrected chi connectivity index (χ4v) is 2.92. The van der Waals surface area contributed by atoms with E-state index in [0.29, 0.717) is 11.1 Å². The smallest absolute Gasteiger partial charge is 0.341 e. The first-order valence-corrected chi connectivity index (χ1v) is 8.34. The van der Waals surface area contributed by atoms with Crippen molar-refractivity contribution < 1.29 is 9.53 Å². The van der Waals surface area contributed by atoms with Crippen LogP contribution >= 0.6 is 0 Å². The van der Waals surface area contributed by atoms with Crippen LogP contribution in [0.2, 0.25) is 0 Å². The summed E-state index contributed by atoms with van der Waals surface area (Å²) in [5.41, 5.74) is 2.90. The second-order valence-electron chi connectivity index (χ2n) is 5.88. The van der Waals surface area contributed by atoms with Gasteiger partial charge < -0.3 is 4.74 Å². The highest BCUT2D eigenvalue weighted by Gasteiger charge is 2.21. The second-order valence-corrected chi connectivity index (χ2v) is 5.88. The lowest BCUT2D eigenvalue weighted by molar-refractivity contribution is 0.0380. The van der Waals surface area contributed by atoms with E-state index in [1.807, 2.05) is 84.9 Å². The molecular weight excluding hydrogens is 324 g/mol. The maximum atomic E-state index is 12.9. The van der Waals surface area contributed by atoms with Gasteiger partial charge in [-0.1, -0.05) is 78.9 Å². The molecular formula is C22H16N2O2. The van der Waals surface area contributed by atoms with Crippen molar-refractivity contribution in [1.82, 2.24) is 10.2 Å². The molecule has 4 aromatic rings. The van der Waals surface area contributed by atoms with Gasteiger partial charge in [0.05, 0.1) is 17.3 Å². The highest BCUT2D eigenvalue weighted by atomic mass is 16.5. The summed E-state index contributed by atoms with van der Waals surface area (Å²) in [5.74, 6) is -0.422. The molecule has 1 heterocycles. The number of nitrogens with zero attached hydrogens (tertiary/aromatic N) is 2. The number of ether oxygens (including phenoxy) is 1. The number of fused-ring (bicyclic) bond motifs is 1. The lowest BCUT2D eigenvalue weighted by atomic mass is 10.0. The lowest BCUT2D eigenvalue weighted by Gasteiger charge is -2.19. The van der Waals surface area contributed by atoms with E-state index in [9.17, 15) is 4.79 Å². The van der Waals surface area contributed by atoms with E-state index in [2.05, 4.69) is 10.2 Å². The van der Waals surface area contributed by atoms with E-state index in [4.69, 9.17) is 4.74 Å². The van der Waals surface area contributed by atoms with Gasteiger partial charge in [-0.15, -0.1) is 0 Å². The molecule has 0 bridgehead atoms. The minimum atomic E-state index is -0.489. The van der Waals surface area contributed by atoms with Gasteiger partial charge in [-0.2, -0.15) is 10.2 Å². The molecule has 126 valence electrons. The van der Waals surface area contributed by atoms with E-state index in [-0.39, 0.29) is 0 Å². The maximum Gasteiger partial charge on any atom is 0.341 e. The molecule has 0 aliphatic heterocycles.